The van der Waals surface area contributed by atoms with E-state index in [9.17, 15) is 4.79 Å². The first kappa shape index (κ1) is 11.5. The number of fused-ring (bicyclic) bond motifs is 1. The lowest BCUT2D eigenvalue weighted by molar-refractivity contribution is 0.0883. The van der Waals surface area contributed by atoms with Crippen molar-refractivity contribution in [3.63, 3.8) is 0 Å². The fourth-order valence-electron chi connectivity index (χ4n) is 4.69. The molecule has 3 atom stereocenters. The molecule has 0 spiro atoms. The van der Waals surface area contributed by atoms with Crippen LogP contribution in [0.1, 0.15) is 37.4 Å². The third kappa shape index (κ3) is 1.51. The maximum atomic E-state index is 11.6. The van der Waals surface area contributed by atoms with E-state index >= 15 is 0 Å². The van der Waals surface area contributed by atoms with Crippen LogP contribution in [-0.4, -0.2) is 11.5 Å². The van der Waals surface area contributed by atoms with E-state index in [0.717, 1.165) is 25.1 Å². The number of rotatable bonds is 0. The lowest BCUT2D eigenvalue weighted by atomic mass is 9.57. The van der Waals surface area contributed by atoms with Gasteiger partial charge in [0.25, 0.3) is 0 Å². The highest BCUT2D eigenvalue weighted by molar-refractivity contribution is 5.39. The van der Waals surface area contributed by atoms with Crippen LogP contribution >= 0.6 is 0 Å². The quantitative estimate of drug-likeness (QED) is 0.698. The van der Waals surface area contributed by atoms with Crippen LogP contribution in [0.15, 0.2) is 28.6 Å². The average Bonchev–Trinajstić information content (AvgIpc) is 2.37. The average molecular weight is 256 g/mol. The van der Waals surface area contributed by atoms with Gasteiger partial charge in [0.1, 0.15) is 0 Å². The van der Waals surface area contributed by atoms with E-state index in [1.54, 1.807) is 6.07 Å². The largest absolute Gasteiger partial charge is 0.326 e. The zero-order valence-electron chi connectivity index (χ0n) is 11.3. The molecule has 3 nitrogen and oxygen atoms in total. The molecule has 19 heavy (non-hydrogen) atoms. The standard InChI is InChI=1S/C16H20N2O/c1-10-7-11-8-14-13(4-5-15(19)18-14)16(9-10)12(11)3-2-6-17-16/h4-5,7,11-12,17H,2-3,6,8-9H2,1H3,(H,18,19)/t11-,12-,16+/m1/s1. The second-order valence-corrected chi connectivity index (χ2v) is 6.42. The molecule has 0 aromatic carbocycles. The highest BCUT2D eigenvalue weighted by Gasteiger charge is 2.51. The highest BCUT2D eigenvalue weighted by Crippen LogP contribution is 2.52. The molecule has 2 aliphatic carbocycles. The van der Waals surface area contributed by atoms with Gasteiger partial charge in [0.05, 0.1) is 5.54 Å². The monoisotopic (exact) mass is 256 g/mol. The van der Waals surface area contributed by atoms with Crippen molar-refractivity contribution in [2.24, 2.45) is 11.8 Å². The van der Waals surface area contributed by atoms with E-state index < -0.39 is 0 Å². The minimum Gasteiger partial charge on any atom is -0.326 e. The van der Waals surface area contributed by atoms with Crippen molar-refractivity contribution in [2.75, 3.05) is 6.54 Å². The Labute approximate surface area is 113 Å². The Morgan fingerprint density at radius 3 is 3.16 bits per heavy atom. The minimum absolute atomic E-state index is 0.0307. The molecule has 4 rings (SSSR count). The van der Waals surface area contributed by atoms with E-state index in [4.69, 9.17) is 0 Å². The number of H-pyrrole nitrogens is 1. The second kappa shape index (κ2) is 3.83. The molecular formula is C16H20N2O. The van der Waals surface area contributed by atoms with Crippen molar-refractivity contribution >= 4 is 0 Å². The van der Waals surface area contributed by atoms with Gasteiger partial charge in [0.15, 0.2) is 0 Å². The zero-order valence-corrected chi connectivity index (χ0v) is 11.3. The van der Waals surface area contributed by atoms with Crippen molar-refractivity contribution in [1.29, 1.82) is 0 Å². The Bertz CT molecular complexity index is 615. The molecular weight excluding hydrogens is 236 g/mol. The molecule has 2 N–H and O–H groups in total. The number of hydrogen-bond acceptors (Lipinski definition) is 2. The summed E-state index contributed by atoms with van der Waals surface area (Å²) in [6.07, 6.45) is 7.11. The summed E-state index contributed by atoms with van der Waals surface area (Å²) in [5.41, 5.74) is 4.11. The number of aromatic nitrogens is 1. The van der Waals surface area contributed by atoms with Gasteiger partial charge in [0.2, 0.25) is 5.56 Å². The van der Waals surface area contributed by atoms with Crippen LogP contribution in [-0.2, 0) is 12.0 Å². The van der Waals surface area contributed by atoms with E-state index in [0.29, 0.717) is 11.8 Å². The first-order chi connectivity index (χ1) is 9.19. The van der Waals surface area contributed by atoms with Crippen LogP contribution in [0.2, 0.25) is 0 Å². The number of allylic oxidation sites excluding steroid dienone is 1. The van der Waals surface area contributed by atoms with Crippen LogP contribution in [0, 0.1) is 11.8 Å². The maximum absolute atomic E-state index is 11.6. The smallest absolute Gasteiger partial charge is 0.248 e. The van der Waals surface area contributed by atoms with Gasteiger partial charge in [-0.05, 0) is 62.6 Å². The predicted octanol–water partition coefficient (Wildman–Crippen LogP) is 2.09. The Hall–Kier alpha value is -1.35. The van der Waals surface area contributed by atoms with Crippen molar-refractivity contribution in [2.45, 2.75) is 38.1 Å². The number of hydrogen-bond donors (Lipinski definition) is 2. The summed E-state index contributed by atoms with van der Waals surface area (Å²) in [4.78, 5) is 14.7. The molecule has 0 unspecified atom stereocenters. The summed E-state index contributed by atoms with van der Waals surface area (Å²) in [6, 6.07) is 3.75. The van der Waals surface area contributed by atoms with Gasteiger partial charge in [-0.2, -0.15) is 0 Å². The Kier molecular flexibility index (Phi) is 2.31. The second-order valence-electron chi connectivity index (χ2n) is 6.42. The third-order valence-electron chi connectivity index (χ3n) is 5.26. The van der Waals surface area contributed by atoms with Gasteiger partial charge < -0.3 is 10.3 Å². The summed E-state index contributed by atoms with van der Waals surface area (Å²) in [7, 11) is 0. The summed E-state index contributed by atoms with van der Waals surface area (Å²) < 4.78 is 0. The van der Waals surface area contributed by atoms with Crippen LogP contribution in [0.25, 0.3) is 0 Å². The van der Waals surface area contributed by atoms with E-state index in [-0.39, 0.29) is 11.1 Å². The molecule has 2 heterocycles. The van der Waals surface area contributed by atoms with Gasteiger partial charge in [-0.25, -0.2) is 0 Å². The van der Waals surface area contributed by atoms with E-state index in [1.807, 2.05) is 0 Å². The number of nitrogens with one attached hydrogen (secondary N) is 2. The van der Waals surface area contributed by atoms with Crippen molar-refractivity contribution < 1.29 is 0 Å². The van der Waals surface area contributed by atoms with Crippen LogP contribution in [0.5, 0.6) is 0 Å². The van der Waals surface area contributed by atoms with Crippen LogP contribution < -0.4 is 10.9 Å². The molecule has 1 aliphatic heterocycles. The molecule has 2 bridgehead atoms. The molecule has 0 radical (unpaired) electrons. The summed E-state index contributed by atoms with van der Waals surface area (Å²) >= 11 is 0. The molecule has 1 fully saturated rings. The predicted molar refractivity (Wildman–Crippen MR) is 75.0 cm³/mol. The van der Waals surface area contributed by atoms with E-state index in [1.165, 1.54) is 24.0 Å². The normalized spacial score (nSPS) is 36.2. The molecule has 0 saturated carbocycles. The first-order valence-corrected chi connectivity index (χ1v) is 7.34. The minimum atomic E-state index is 0.0307. The van der Waals surface area contributed by atoms with Gasteiger partial charge in [-0.15, -0.1) is 0 Å². The topological polar surface area (TPSA) is 44.9 Å². The third-order valence-corrected chi connectivity index (χ3v) is 5.26. The van der Waals surface area contributed by atoms with Gasteiger partial charge in [-0.1, -0.05) is 11.6 Å². The fourth-order valence-corrected chi connectivity index (χ4v) is 4.69. The maximum Gasteiger partial charge on any atom is 0.248 e. The summed E-state index contributed by atoms with van der Waals surface area (Å²) in [6.45, 7) is 3.34. The molecule has 1 aromatic heterocycles. The molecule has 0 amide bonds. The fraction of sp³-hybridized carbons (Fsp3) is 0.562. The Morgan fingerprint density at radius 2 is 2.26 bits per heavy atom. The Balaban J connectivity index is 1.95. The molecule has 1 saturated heterocycles. The summed E-state index contributed by atoms with van der Waals surface area (Å²) in [5.74, 6) is 1.29. The highest BCUT2D eigenvalue weighted by atomic mass is 16.1. The zero-order chi connectivity index (χ0) is 13.0. The van der Waals surface area contributed by atoms with Gasteiger partial charge in [-0.3, -0.25) is 4.79 Å². The van der Waals surface area contributed by atoms with Crippen molar-refractivity contribution in [1.82, 2.24) is 10.3 Å². The molecule has 3 heteroatoms. The molecule has 1 aromatic rings. The van der Waals surface area contributed by atoms with Crippen molar-refractivity contribution in [3.05, 3.63) is 45.4 Å². The number of aromatic amines is 1. The summed E-state index contributed by atoms with van der Waals surface area (Å²) in [5, 5.41) is 3.81. The number of piperidine rings is 1. The van der Waals surface area contributed by atoms with Gasteiger partial charge >= 0.3 is 0 Å². The Morgan fingerprint density at radius 1 is 1.37 bits per heavy atom. The first-order valence-electron chi connectivity index (χ1n) is 7.34. The van der Waals surface area contributed by atoms with Crippen LogP contribution in [0.3, 0.4) is 0 Å². The lowest BCUT2D eigenvalue weighted by Gasteiger charge is -2.54. The van der Waals surface area contributed by atoms with Crippen molar-refractivity contribution in [3.8, 4) is 0 Å². The van der Waals surface area contributed by atoms with Gasteiger partial charge in [0, 0.05) is 11.8 Å². The number of pyridine rings is 1. The SMILES string of the molecule is CC1=C[C@@H]2Cc3[nH]c(=O)ccc3[C@@]3(C1)NCCC[C@H]23. The van der Waals surface area contributed by atoms with E-state index in [2.05, 4.69) is 29.4 Å². The molecule has 100 valence electrons. The van der Waals surface area contributed by atoms with Crippen LogP contribution in [0.4, 0.5) is 0 Å². The lowest BCUT2D eigenvalue weighted by Crippen LogP contribution is -2.58. The molecule has 3 aliphatic rings.